The molecule has 1 N–H and O–H groups in total. The lowest BCUT2D eigenvalue weighted by Gasteiger charge is -2.30. The molecule has 0 amide bonds. The van der Waals surface area contributed by atoms with Crippen LogP contribution in [0.25, 0.3) is 0 Å². The Hall–Kier alpha value is -1.12. The van der Waals surface area contributed by atoms with Gasteiger partial charge in [-0.05, 0) is 18.9 Å². The molecule has 0 heterocycles. The van der Waals surface area contributed by atoms with Crippen LogP contribution in [0, 0.1) is 11.8 Å². The topological polar surface area (TPSA) is 29.5 Å². The Morgan fingerprint density at radius 1 is 1.21 bits per heavy atom. The number of aliphatic hydroxyl groups is 1. The van der Waals surface area contributed by atoms with Gasteiger partial charge in [0.25, 0.3) is 0 Å². The van der Waals surface area contributed by atoms with E-state index in [2.05, 4.69) is 39.0 Å². The van der Waals surface area contributed by atoms with E-state index in [1.54, 1.807) is 0 Å². The molecule has 2 rings (SSSR count). The third-order valence-corrected chi connectivity index (χ3v) is 4.30. The minimum Gasteiger partial charge on any atom is -0.392 e. The van der Waals surface area contributed by atoms with Gasteiger partial charge in [0.2, 0.25) is 0 Å². The molecule has 0 fully saturated rings. The fourth-order valence-electron chi connectivity index (χ4n) is 2.70. The van der Waals surface area contributed by atoms with Gasteiger partial charge < -0.3 is 9.84 Å². The Kier molecular flexibility index (Phi) is 4.78. The lowest BCUT2D eigenvalue weighted by atomic mass is 9.88. The van der Waals surface area contributed by atoms with Crippen molar-refractivity contribution in [3.05, 3.63) is 47.5 Å². The van der Waals surface area contributed by atoms with Crippen molar-refractivity contribution in [3.63, 3.8) is 0 Å². The summed E-state index contributed by atoms with van der Waals surface area (Å²) in [6.45, 7) is 7.02. The highest BCUT2D eigenvalue weighted by molar-refractivity contribution is 5.14. The highest BCUT2D eigenvalue weighted by Crippen LogP contribution is 2.31. The van der Waals surface area contributed by atoms with Crippen molar-refractivity contribution < 1.29 is 9.84 Å². The van der Waals surface area contributed by atoms with Crippen LogP contribution in [0.4, 0.5) is 0 Å². The van der Waals surface area contributed by atoms with Gasteiger partial charge in [-0.1, -0.05) is 55.8 Å². The van der Waals surface area contributed by atoms with E-state index in [1.807, 2.05) is 18.2 Å². The normalized spacial score (nSPS) is 31.7. The van der Waals surface area contributed by atoms with Gasteiger partial charge in [0, 0.05) is 11.8 Å². The first-order chi connectivity index (χ1) is 9.09. The van der Waals surface area contributed by atoms with E-state index in [4.69, 9.17) is 4.74 Å². The fourth-order valence-corrected chi connectivity index (χ4v) is 2.70. The molecule has 1 aliphatic carbocycles. The molecular formula is C17H24O2. The molecule has 0 unspecified atom stereocenters. The van der Waals surface area contributed by atoms with Gasteiger partial charge in [0.1, 0.15) is 0 Å². The quantitative estimate of drug-likeness (QED) is 0.842. The predicted octanol–water partition coefficient (Wildman–Crippen LogP) is 3.55. The first-order valence-electron chi connectivity index (χ1n) is 7.10. The molecule has 0 aliphatic heterocycles. The van der Waals surface area contributed by atoms with Crippen molar-refractivity contribution in [2.24, 2.45) is 11.8 Å². The van der Waals surface area contributed by atoms with Gasteiger partial charge in [0.05, 0.1) is 18.8 Å². The van der Waals surface area contributed by atoms with Gasteiger partial charge in [-0.3, -0.25) is 0 Å². The lowest BCUT2D eigenvalue weighted by molar-refractivity contribution is -0.0532. The maximum Gasteiger partial charge on any atom is 0.0721 e. The summed E-state index contributed by atoms with van der Waals surface area (Å²) in [5.74, 6) is 0.517. The van der Waals surface area contributed by atoms with E-state index in [9.17, 15) is 5.11 Å². The van der Waals surface area contributed by atoms with Crippen LogP contribution in [-0.2, 0) is 11.3 Å². The summed E-state index contributed by atoms with van der Waals surface area (Å²) < 4.78 is 6.11. The molecule has 0 saturated heterocycles. The zero-order chi connectivity index (χ0) is 13.8. The molecule has 2 nitrogen and oxygen atoms in total. The van der Waals surface area contributed by atoms with Gasteiger partial charge in [-0.2, -0.15) is 0 Å². The van der Waals surface area contributed by atoms with Crippen molar-refractivity contribution >= 4 is 0 Å². The minimum atomic E-state index is -0.305. The molecule has 1 aliphatic rings. The van der Waals surface area contributed by atoms with E-state index in [0.717, 1.165) is 6.42 Å². The maximum atomic E-state index is 10.1. The van der Waals surface area contributed by atoms with E-state index in [0.29, 0.717) is 12.5 Å². The first kappa shape index (κ1) is 14.3. The van der Waals surface area contributed by atoms with Crippen LogP contribution < -0.4 is 0 Å². The Bertz CT molecular complexity index is 424. The Labute approximate surface area is 116 Å². The number of ether oxygens (including phenoxy) is 1. The molecule has 0 bridgehead atoms. The molecule has 4 atom stereocenters. The van der Waals surface area contributed by atoms with Crippen LogP contribution in [0.3, 0.4) is 0 Å². The highest BCUT2D eigenvalue weighted by atomic mass is 16.5. The monoisotopic (exact) mass is 260 g/mol. The molecule has 0 aromatic heterocycles. The maximum absolute atomic E-state index is 10.1. The van der Waals surface area contributed by atoms with Crippen molar-refractivity contribution in [1.29, 1.82) is 0 Å². The Morgan fingerprint density at radius 2 is 1.89 bits per heavy atom. The summed E-state index contributed by atoms with van der Waals surface area (Å²) in [5, 5.41) is 10.1. The summed E-state index contributed by atoms with van der Waals surface area (Å²) in [6, 6.07) is 10.2. The van der Waals surface area contributed by atoms with Crippen LogP contribution in [-0.4, -0.2) is 17.3 Å². The van der Waals surface area contributed by atoms with Crippen LogP contribution >= 0.6 is 0 Å². The zero-order valence-electron chi connectivity index (χ0n) is 12.0. The summed E-state index contributed by atoms with van der Waals surface area (Å²) >= 11 is 0. The fraction of sp³-hybridized carbons (Fsp3) is 0.529. The van der Waals surface area contributed by atoms with Gasteiger partial charge in [-0.15, -0.1) is 0 Å². The smallest absolute Gasteiger partial charge is 0.0721 e. The third kappa shape index (κ3) is 3.46. The second-order valence-electron chi connectivity index (χ2n) is 5.66. The number of benzene rings is 1. The molecular weight excluding hydrogens is 236 g/mol. The van der Waals surface area contributed by atoms with Crippen LogP contribution in [0.5, 0.6) is 0 Å². The average Bonchev–Trinajstić information content (AvgIpc) is 2.52. The van der Waals surface area contributed by atoms with Crippen LogP contribution in [0.2, 0.25) is 0 Å². The minimum absolute atomic E-state index is 0.0777. The SMILES string of the molecule is CC1=CC[C@@H](O)[C@H](C)[C@H](OCc2ccccc2)[C@@H]1C. The molecule has 2 heteroatoms. The number of aliphatic hydroxyl groups excluding tert-OH is 1. The number of hydrogen-bond donors (Lipinski definition) is 1. The molecule has 104 valence electrons. The van der Waals surface area contributed by atoms with E-state index in [-0.39, 0.29) is 18.1 Å². The summed E-state index contributed by atoms with van der Waals surface area (Å²) in [7, 11) is 0. The molecule has 1 aromatic rings. The number of rotatable bonds is 3. The second kappa shape index (κ2) is 6.36. The van der Waals surface area contributed by atoms with Crippen molar-refractivity contribution in [3.8, 4) is 0 Å². The molecule has 19 heavy (non-hydrogen) atoms. The standard InChI is InChI=1S/C17H24O2/c1-12-9-10-16(18)14(3)17(13(12)2)19-11-15-7-5-4-6-8-15/h4-9,13-14,16-18H,10-11H2,1-3H3/t13-,14+,16-,17-/m1/s1. The summed E-state index contributed by atoms with van der Waals surface area (Å²) in [4.78, 5) is 0. The van der Waals surface area contributed by atoms with E-state index in [1.165, 1.54) is 11.1 Å². The predicted molar refractivity (Wildman–Crippen MR) is 77.7 cm³/mol. The Morgan fingerprint density at radius 3 is 2.58 bits per heavy atom. The Balaban J connectivity index is 2.05. The average molecular weight is 260 g/mol. The van der Waals surface area contributed by atoms with Crippen molar-refractivity contribution in [2.75, 3.05) is 0 Å². The largest absolute Gasteiger partial charge is 0.392 e. The molecule has 1 aromatic carbocycles. The van der Waals surface area contributed by atoms with Crippen LogP contribution in [0.1, 0.15) is 32.8 Å². The van der Waals surface area contributed by atoms with E-state index < -0.39 is 0 Å². The second-order valence-corrected chi connectivity index (χ2v) is 5.66. The van der Waals surface area contributed by atoms with E-state index >= 15 is 0 Å². The zero-order valence-corrected chi connectivity index (χ0v) is 12.0. The molecule has 0 saturated carbocycles. The third-order valence-electron chi connectivity index (χ3n) is 4.30. The lowest BCUT2D eigenvalue weighted by Crippen LogP contribution is -2.34. The first-order valence-corrected chi connectivity index (χ1v) is 7.10. The summed E-state index contributed by atoms with van der Waals surface area (Å²) in [5.41, 5.74) is 2.50. The van der Waals surface area contributed by atoms with Gasteiger partial charge >= 0.3 is 0 Å². The molecule has 0 radical (unpaired) electrons. The van der Waals surface area contributed by atoms with Gasteiger partial charge in [-0.25, -0.2) is 0 Å². The van der Waals surface area contributed by atoms with Crippen LogP contribution in [0.15, 0.2) is 42.0 Å². The molecule has 0 spiro atoms. The highest BCUT2D eigenvalue weighted by Gasteiger charge is 2.32. The van der Waals surface area contributed by atoms with Crippen molar-refractivity contribution in [2.45, 2.75) is 46.0 Å². The number of hydrogen-bond acceptors (Lipinski definition) is 2. The van der Waals surface area contributed by atoms with Gasteiger partial charge in [0.15, 0.2) is 0 Å². The van der Waals surface area contributed by atoms with Crippen molar-refractivity contribution in [1.82, 2.24) is 0 Å². The summed E-state index contributed by atoms with van der Waals surface area (Å²) in [6.07, 6.45) is 2.66.